The van der Waals surface area contributed by atoms with Crippen LogP contribution in [0.1, 0.15) is 18.0 Å². The quantitative estimate of drug-likeness (QED) is 0.692. The largest absolute Gasteiger partial charge is 0.329 e. The number of pyridine rings is 2. The van der Waals surface area contributed by atoms with Gasteiger partial charge in [0.2, 0.25) is 0 Å². The van der Waals surface area contributed by atoms with E-state index in [4.69, 9.17) is 0 Å². The van der Waals surface area contributed by atoms with Gasteiger partial charge >= 0.3 is 0 Å². The van der Waals surface area contributed by atoms with Crippen LogP contribution >= 0.6 is 12.4 Å². The molecule has 1 saturated heterocycles. The van der Waals surface area contributed by atoms with Crippen molar-refractivity contribution in [2.24, 2.45) is 5.92 Å². The number of fused-ring (bicyclic) bond motifs is 5. The van der Waals surface area contributed by atoms with Gasteiger partial charge < -0.3 is 14.9 Å². The van der Waals surface area contributed by atoms with Gasteiger partial charge in [0.05, 0.1) is 0 Å². The Morgan fingerprint density at radius 1 is 1.00 bits per heavy atom. The second-order valence-electron chi connectivity index (χ2n) is 7.18. The molecular formula is C20H20ClN3O2. The number of halogens is 1. The van der Waals surface area contributed by atoms with E-state index in [1.165, 1.54) is 0 Å². The third-order valence-corrected chi connectivity index (χ3v) is 5.57. The molecule has 0 spiro atoms. The van der Waals surface area contributed by atoms with Gasteiger partial charge in [-0.15, -0.1) is 12.4 Å². The Hall–Kier alpha value is -2.37. The van der Waals surface area contributed by atoms with E-state index in [1.807, 2.05) is 28.8 Å². The van der Waals surface area contributed by atoms with Crippen LogP contribution in [-0.4, -0.2) is 22.6 Å². The summed E-state index contributed by atoms with van der Waals surface area (Å²) < 4.78 is 1.95. The molecule has 2 bridgehead atoms. The second-order valence-corrected chi connectivity index (χ2v) is 7.18. The minimum Gasteiger partial charge on any atom is -0.329 e. The van der Waals surface area contributed by atoms with E-state index in [1.54, 1.807) is 12.3 Å². The van der Waals surface area contributed by atoms with Gasteiger partial charge in [0.15, 0.2) is 0 Å². The summed E-state index contributed by atoms with van der Waals surface area (Å²) in [4.78, 5) is 27.3. The molecule has 1 aromatic carbocycles. The first kappa shape index (κ1) is 17.1. The number of hydrogen-bond acceptors (Lipinski definition) is 3. The summed E-state index contributed by atoms with van der Waals surface area (Å²) >= 11 is 0. The first-order chi connectivity index (χ1) is 12.2. The van der Waals surface area contributed by atoms with Crippen LogP contribution in [-0.2, 0) is 6.54 Å². The van der Waals surface area contributed by atoms with Gasteiger partial charge in [0, 0.05) is 42.4 Å². The van der Waals surface area contributed by atoms with Crippen LogP contribution in [0.2, 0.25) is 0 Å². The van der Waals surface area contributed by atoms with E-state index < -0.39 is 0 Å². The third-order valence-electron chi connectivity index (χ3n) is 5.57. The fourth-order valence-electron chi connectivity index (χ4n) is 4.34. The Morgan fingerprint density at radius 3 is 2.77 bits per heavy atom. The van der Waals surface area contributed by atoms with Crippen molar-refractivity contribution in [1.82, 2.24) is 14.9 Å². The van der Waals surface area contributed by atoms with E-state index in [2.05, 4.69) is 16.4 Å². The number of rotatable bonds is 1. The molecule has 2 aliphatic heterocycles. The van der Waals surface area contributed by atoms with Crippen molar-refractivity contribution in [3.63, 3.8) is 0 Å². The zero-order valence-corrected chi connectivity index (χ0v) is 15.0. The van der Waals surface area contributed by atoms with Crippen molar-refractivity contribution in [3.05, 3.63) is 69.0 Å². The maximum atomic E-state index is 12.7. The van der Waals surface area contributed by atoms with Crippen LogP contribution in [0.3, 0.4) is 0 Å². The van der Waals surface area contributed by atoms with E-state index in [-0.39, 0.29) is 23.5 Å². The standard InChI is InChI=1S/C20H19N3O2.ClH/c24-19-8-15(7-18-16-5-12(9-21-10-16)11-23(18)19)13-1-2-17-14(6-13)3-4-22-20(17)25;/h1-4,6-8,12,16,21H,5,9-11H2,(H,22,25);1H/t12-,16+;/m0./s1. The molecule has 0 saturated carbocycles. The number of piperidine rings is 1. The predicted molar refractivity (Wildman–Crippen MR) is 105 cm³/mol. The fraction of sp³-hybridized carbons (Fsp3) is 0.300. The highest BCUT2D eigenvalue weighted by molar-refractivity contribution is 5.86. The number of aromatic amines is 1. The van der Waals surface area contributed by atoms with Crippen LogP contribution < -0.4 is 16.4 Å². The number of benzene rings is 1. The van der Waals surface area contributed by atoms with Gasteiger partial charge in [0.1, 0.15) is 0 Å². The molecule has 5 nitrogen and oxygen atoms in total. The number of aromatic nitrogens is 2. The first-order valence-electron chi connectivity index (χ1n) is 8.76. The number of nitrogens with one attached hydrogen (secondary N) is 2. The molecule has 0 unspecified atom stereocenters. The van der Waals surface area contributed by atoms with E-state index in [9.17, 15) is 9.59 Å². The van der Waals surface area contributed by atoms with E-state index >= 15 is 0 Å². The Kier molecular flexibility index (Phi) is 4.21. The van der Waals surface area contributed by atoms with Crippen LogP contribution in [0, 0.1) is 5.92 Å². The smallest absolute Gasteiger partial charge is 0.255 e. The van der Waals surface area contributed by atoms with Crippen LogP contribution in [0.15, 0.2) is 52.2 Å². The zero-order chi connectivity index (χ0) is 17.0. The lowest BCUT2D eigenvalue weighted by atomic mass is 9.83. The van der Waals surface area contributed by atoms with Gasteiger partial charge in [0.25, 0.3) is 11.1 Å². The molecule has 5 rings (SSSR count). The predicted octanol–water partition coefficient (Wildman–Crippen LogP) is 2.49. The molecule has 6 heteroatoms. The highest BCUT2D eigenvalue weighted by Gasteiger charge is 2.31. The molecule has 26 heavy (non-hydrogen) atoms. The molecule has 0 amide bonds. The Bertz CT molecular complexity index is 1100. The van der Waals surface area contributed by atoms with Gasteiger partial charge in [-0.1, -0.05) is 6.07 Å². The Morgan fingerprint density at radius 2 is 1.88 bits per heavy atom. The molecule has 2 aromatic heterocycles. The minimum absolute atomic E-state index is 0. The summed E-state index contributed by atoms with van der Waals surface area (Å²) in [5.74, 6) is 0.964. The Balaban J connectivity index is 0.00000168. The van der Waals surface area contributed by atoms with Gasteiger partial charge in [-0.3, -0.25) is 9.59 Å². The molecule has 4 heterocycles. The highest BCUT2D eigenvalue weighted by Crippen LogP contribution is 2.34. The van der Waals surface area contributed by atoms with Crippen molar-refractivity contribution < 1.29 is 0 Å². The summed E-state index contributed by atoms with van der Waals surface area (Å²) in [6, 6.07) is 11.5. The van der Waals surface area contributed by atoms with Crippen molar-refractivity contribution in [2.75, 3.05) is 13.1 Å². The van der Waals surface area contributed by atoms with Crippen molar-refractivity contribution in [2.45, 2.75) is 18.9 Å². The number of H-pyrrole nitrogens is 1. The van der Waals surface area contributed by atoms with Crippen molar-refractivity contribution in [3.8, 4) is 11.1 Å². The summed E-state index contributed by atoms with van der Waals surface area (Å²) in [7, 11) is 0. The van der Waals surface area contributed by atoms with Gasteiger partial charge in [-0.25, -0.2) is 0 Å². The normalized spacial score (nSPS) is 21.1. The monoisotopic (exact) mass is 369 g/mol. The summed E-state index contributed by atoms with van der Waals surface area (Å²) in [5, 5.41) is 5.04. The number of nitrogens with zero attached hydrogens (tertiary/aromatic N) is 1. The maximum Gasteiger partial charge on any atom is 0.255 e. The van der Waals surface area contributed by atoms with Gasteiger partial charge in [-0.05, 0) is 59.7 Å². The average Bonchev–Trinajstić information content (AvgIpc) is 2.63. The van der Waals surface area contributed by atoms with E-state index in [0.717, 1.165) is 48.3 Å². The molecule has 3 aromatic rings. The zero-order valence-electron chi connectivity index (χ0n) is 14.2. The van der Waals surface area contributed by atoms with Crippen molar-refractivity contribution in [1.29, 1.82) is 0 Å². The molecule has 0 aliphatic carbocycles. The maximum absolute atomic E-state index is 12.7. The van der Waals surface area contributed by atoms with Crippen LogP contribution in [0.4, 0.5) is 0 Å². The molecule has 0 radical (unpaired) electrons. The third kappa shape index (κ3) is 2.68. The van der Waals surface area contributed by atoms with E-state index in [0.29, 0.717) is 17.2 Å². The fourth-order valence-corrected chi connectivity index (χ4v) is 4.34. The SMILES string of the molecule is Cl.O=c1[nH]ccc2cc(-c3cc4n(c(=O)c3)C[C@@H]3CNC[C@H]4C3)ccc12. The lowest BCUT2D eigenvalue weighted by Gasteiger charge is -2.37. The lowest BCUT2D eigenvalue weighted by molar-refractivity contribution is 0.257. The molecule has 2 N–H and O–H groups in total. The molecule has 2 aliphatic rings. The minimum atomic E-state index is -0.0890. The van der Waals surface area contributed by atoms with Crippen molar-refractivity contribution >= 4 is 23.2 Å². The lowest BCUT2D eigenvalue weighted by Crippen LogP contribution is -2.44. The first-order valence-corrected chi connectivity index (χ1v) is 8.76. The number of hydrogen-bond donors (Lipinski definition) is 2. The highest BCUT2D eigenvalue weighted by atomic mass is 35.5. The average molecular weight is 370 g/mol. The Labute approximate surface area is 156 Å². The summed E-state index contributed by atoms with van der Waals surface area (Å²) in [6.07, 6.45) is 2.81. The molecular weight excluding hydrogens is 350 g/mol. The second kappa shape index (κ2) is 6.41. The summed E-state index contributed by atoms with van der Waals surface area (Å²) in [5.41, 5.74) is 3.04. The van der Waals surface area contributed by atoms with Gasteiger partial charge in [-0.2, -0.15) is 0 Å². The molecule has 2 atom stereocenters. The topological polar surface area (TPSA) is 66.9 Å². The van der Waals surface area contributed by atoms with Crippen LogP contribution in [0.25, 0.3) is 21.9 Å². The molecule has 134 valence electrons. The molecule has 1 fully saturated rings. The van der Waals surface area contributed by atoms with Crippen LogP contribution in [0.5, 0.6) is 0 Å². The summed E-state index contributed by atoms with van der Waals surface area (Å²) in [6.45, 7) is 2.75.